The van der Waals surface area contributed by atoms with Crippen molar-refractivity contribution < 1.29 is 9.90 Å². The summed E-state index contributed by atoms with van der Waals surface area (Å²) < 4.78 is 1.44. The van der Waals surface area contributed by atoms with Crippen molar-refractivity contribution in [2.45, 2.75) is 18.9 Å². The van der Waals surface area contributed by atoms with Crippen LogP contribution in [0.1, 0.15) is 22.5 Å². The molecule has 1 amide bonds. The Hall–Kier alpha value is -2.74. The molecule has 1 unspecified atom stereocenters. The quantitative estimate of drug-likeness (QED) is 0.840. The number of hydrogen-bond donors (Lipinski definition) is 1. The number of aryl methyl sites for hydroxylation is 1. The van der Waals surface area contributed by atoms with E-state index >= 15 is 0 Å². The molecular weight excluding hydrogens is 334 g/mol. The molecule has 8 nitrogen and oxygen atoms in total. The van der Waals surface area contributed by atoms with Crippen molar-refractivity contribution in [1.29, 1.82) is 0 Å². The maximum atomic E-state index is 12.7. The lowest BCUT2D eigenvalue weighted by atomic mass is 10.0. The van der Waals surface area contributed by atoms with E-state index in [0.29, 0.717) is 25.5 Å². The predicted octanol–water partition coefficient (Wildman–Crippen LogP) is 0.197. The van der Waals surface area contributed by atoms with Crippen LogP contribution in [0.15, 0.2) is 35.4 Å². The van der Waals surface area contributed by atoms with Crippen LogP contribution in [-0.2, 0) is 7.05 Å². The molecule has 1 aliphatic rings. The van der Waals surface area contributed by atoms with Crippen LogP contribution in [0.2, 0.25) is 0 Å². The molecule has 0 spiro atoms. The monoisotopic (exact) mass is 357 g/mol. The van der Waals surface area contributed by atoms with Crippen molar-refractivity contribution in [3.63, 3.8) is 0 Å². The number of nitrogens with zero attached hydrogens (tertiary/aromatic N) is 5. The fraction of sp³-hybridized carbons (Fsp3) is 0.444. The Morgan fingerprint density at radius 2 is 2.04 bits per heavy atom. The number of hydrogen-bond acceptors (Lipinski definition) is 6. The van der Waals surface area contributed by atoms with Crippen molar-refractivity contribution >= 4 is 11.9 Å². The molecule has 26 heavy (non-hydrogen) atoms. The van der Waals surface area contributed by atoms with Crippen LogP contribution < -0.4 is 10.5 Å². The minimum absolute atomic E-state index is 0.102. The molecule has 0 bridgehead atoms. The van der Waals surface area contributed by atoms with Crippen molar-refractivity contribution in [3.05, 3.63) is 52.2 Å². The molecule has 1 aliphatic heterocycles. The number of aliphatic hydroxyl groups is 1. The average Bonchev–Trinajstić information content (AvgIpc) is 3.02. The third-order valence-corrected chi connectivity index (χ3v) is 4.83. The van der Waals surface area contributed by atoms with Crippen LogP contribution in [0.4, 0.5) is 5.95 Å². The summed E-state index contributed by atoms with van der Waals surface area (Å²) in [7, 11) is 3.23. The number of carbonyl (C=O) groups excluding carboxylic acids is 1. The highest BCUT2D eigenvalue weighted by molar-refractivity contribution is 5.93. The number of amides is 1. The predicted molar refractivity (Wildman–Crippen MR) is 97.2 cm³/mol. The molecule has 1 N–H and O–H groups in total. The van der Waals surface area contributed by atoms with E-state index in [1.54, 1.807) is 51.6 Å². The highest BCUT2D eigenvalue weighted by Gasteiger charge is 2.39. The highest BCUT2D eigenvalue weighted by atomic mass is 16.3. The van der Waals surface area contributed by atoms with E-state index in [2.05, 4.69) is 9.97 Å². The first-order valence-corrected chi connectivity index (χ1v) is 8.47. The molecule has 0 radical (unpaired) electrons. The molecule has 2 aromatic heterocycles. The van der Waals surface area contributed by atoms with E-state index in [0.717, 1.165) is 5.69 Å². The molecule has 3 rings (SSSR count). The van der Waals surface area contributed by atoms with E-state index in [4.69, 9.17) is 0 Å². The number of rotatable bonds is 4. The third kappa shape index (κ3) is 3.45. The number of anilines is 1. The lowest BCUT2D eigenvalue weighted by Gasteiger charge is -2.29. The summed E-state index contributed by atoms with van der Waals surface area (Å²) in [5, 5.41) is 10.9. The van der Waals surface area contributed by atoms with Gasteiger partial charge in [0.1, 0.15) is 11.2 Å². The van der Waals surface area contributed by atoms with Crippen LogP contribution in [0.5, 0.6) is 0 Å². The van der Waals surface area contributed by atoms with Gasteiger partial charge in [0.2, 0.25) is 5.95 Å². The van der Waals surface area contributed by atoms with Gasteiger partial charge in [-0.05, 0) is 31.5 Å². The largest absolute Gasteiger partial charge is 0.386 e. The van der Waals surface area contributed by atoms with Gasteiger partial charge in [-0.15, -0.1) is 0 Å². The number of carbonyl (C=O) groups is 1. The van der Waals surface area contributed by atoms with Gasteiger partial charge in [-0.25, -0.2) is 9.97 Å². The van der Waals surface area contributed by atoms with Crippen molar-refractivity contribution in [2.24, 2.45) is 7.05 Å². The Morgan fingerprint density at radius 1 is 1.35 bits per heavy atom. The Balaban J connectivity index is 1.72. The van der Waals surface area contributed by atoms with Gasteiger partial charge in [-0.2, -0.15) is 0 Å². The van der Waals surface area contributed by atoms with E-state index < -0.39 is 11.5 Å². The SMILES string of the molecule is Cc1ccc(C(=O)N(C)CC2(O)CCN(c3ncccn3)C2)c(=O)n1C. The summed E-state index contributed by atoms with van der Waals surface area (Å²) in [5.41, 5.74) is -0.522. The van der Waals surface area contributed by atoms with Gasteiger partial charge in [0.05, 0.1) is 13.1 Å². The first kappa shape index (κ1) is 18.1. The summed E-state index contributed by atoms with van der Waals surface area (Å²) in [4.78, 5) is 36.7. The average molecular weight is 357 g/mol. The molecule has 2 aromatic rings. The molecule has 3 heterocycles. The van der Waals surface area contributed by atoms with Crippen LogP contribution in [0, 0.1) is 6.92 Å². The summed E-state index contributed by atoms with van der Waals surface area (Å²) in [6.07, 6.45) is 3.81. The van der Waals surface area contributed by atoms with Crippen LogP contribution in [-0.4, -0.2) is 62.7 Å². The molecule has 1 atom stereocenters. The highest BCUT2D eigenvalue weighted by Crippen LogP contribution is 2.25. The molecule has 138 valence electrons. The first-order valence-electron chi connectivity index (χ1n) is 8.47. The number of aromatic nitrogens is 3. The van der Waals surface area contributed by atoms with E-state index in [1.165, 1.54) is 9.47 Å². The minimum Gasteiger partial charge on any atom is -0.386 e. The fourth-order valence-corrected chi connectivity index (χ4v) is 3.22. The number of β-amino-alcohol motifs (C(OH)–C–C–N with tert-alkyl or cyclic N) is 1. The van der Waals surface area contributed by atoms with Gasteiger partial charge in [0, 0.05) is 38.7 Å². The van der Waals surface area contributed by atoms with Gasteiger partial charge < -0.3 is 19.5 Å². The molecule has 0 saturated carbocycles. The Kier molecular flexibility index (Phi) is 4.78. The standard InChI is InChI=1S/C18H23N5O3/c1-13-5-6-14(16(25)22(13)3)15(24)21(2)11-18(26)7-10-23(12-18)17-19-8-4-9-20-17/h4-6,8-9,26H,7,10-12H2,1-3H3. The van der Waals surface area contributed by atoms with Crippen molar-refractivity contribution in [2.75, 3.05) is 31.6 Å². The second-order valence-corrected chi connectivity index (χ2v) is 6.86. The van der Waals surface area contributed by atoms with E-state index in [1.807, 2.05) is 4.90 Å². The maximum Gasteiger partial charge on any atom is 0.263 e. The van der Waals surface area contributed by atoms with Gasteiger partial charge in [0.25, 0.3) is 11.5 Å². The zero-order valence-corrected chi connectivity index (χ0v) is 15.2. The van der Waals surface area contributed by atoms with Gasteiger partial charge in [-0.3, -0.25) is 9.59 Å². The summed E-state index contributed by atoms with van der Waals surface area (Å²) in [6.45, 7) is 2.88. The van der Waals surface area contributed by atoms with Crippen LogP contribution >= 0.6 is 0 Å². The summed E-state index contributed by atoms with van der Waals surface area (Å²) in [6, 6.07) is 5.01. The second-order valence-electron chi connectivity index (χ2n) is 6.86. The fourth-order valence-electron chi connectivity index (χ4n) is 3.22. The van der Waals surface area contributed by atoms with Crippen LogP contribution in [0.25, 0.3) is 0 Å². The molecule has 0 aromatic carbocycles. The number of likely N-dealkylation sites (N-methyl/N-ethyl adjacent to an activating group) is 1. The van der Waals surface area contributed by atoms with Crippen molar-refractivity contribution in [1.82, 2.24) is 19.4 Å². The lowest BCUT2D eigenvalue weighted by molar-refractivity contribution is 0.0263. The Bertz CT molecular complexity index is 867. The topological polar surface area (TPSA) is 91.6 Å². The van der Waals surface area contributed by atoms with Gasteiger partial charge in [-0.1, -0.05) is 0 Å². The molecular formula is C18H23N5O3. The van der Waals surface area contributed by atoms with Gasteiger partial charge >= 0.3 is 0 Å². The zero-order valence-electron chi connectivity index (χ0n) is 15.2. The smallest absolute Gasteiger partial charge is 0.263 e. The zero-order chi connectivity index (χ0) is 18.9. The first-order chi connectivity index (χ1) is 12.3. The minimum atomic E-state index is -1.07. The van der Waals surface area contributed by atoms with Gasteiger partial charge in [0.15, 0.2) is 0 Å². The maximum absolute atomic E-state index is 12.7. The molecule has 0 aliphatic carbocycles. The molecule has 8 heteroatoms. The van der Waals surface area contributed by atoms with Crippen molar-refractivity contribution in [3.8, 4) is 0 Å². The Morgan fingerprint density at radius 3 is 2.73 bits per heavy atom. The lowest BCUT2D eigenvalue weighted by Crippen LogP contribution is -2.47. The second kappa shape index (κ2) is 6.87. The van der Waals surface area contributed by atoms with Crippen LogP contribution in [0.3, 0.4) is 0 Å². The normalized spacial score (nSPS) is 19.6. The Labute approximate surface area is 151 Å². The molecule has 1 fully saturated rings. The number of pyridine rings is 1. The summed E-state index contributed by atoms with van der Waals surface area (Å²) in [5.74, 6) is 0.165. The third-order valence-electron chi connectivity index (χ3n) is 4.83. The van der Waals surface area contributed by atoms with E-state index in [-0.39, 0.29) is 17.7 Å². The van der Waals surface area contributed by atoms with E-state index in [9.17, 15) is 14.7 Å². The summed E-state index contributed by atoms with van der Waals surface area (Å²) >= 11 is 0. The molecule has 1 saturated heterocycles.